The first-order valence-electron chi connectivity index (χ1n) is 9.80. The van der Waals surface area contributed by atoms with Crippen molar-refractivity contribution < 1.29 is 13.9 Å². The first kappa shape index (κ1) is 18.4. The number of aliphatic imine (C=N–C) groups is 2. The Kier molecular flexibility index (Phi) is 4.70. The zero-order valence-corrected chi connectivity index (χ0v) is 16.1. The van der Waals surface area contributed by atoms with Crippen molar-refractivity contribution in [2.45, 2.75) is 57.2 Å². The minimum absolute atomic E-state index is 0.0635. The number of nitrogens with two attached hydrogens (primary N) is 1. The molecule has 0 aromatic heterocycles. The van der Waals surface area contributed by atoms with Gasteiger partial charge in [-0.25, -0.2) is 4.99 Å². The molecule has 1 aromatic carbocycles. The van der Waals surface area contributed by atoms with Gasteiger partial charge in [0.1, 0.15) is 11.6 Å². The second-order valence-electron chi connectivity index (χ2n) is 8.03. The van der Waals surface area contributed by atoms with Crippen molar-refractivity contribution in [2.75, 3.05) is 20.4 Å². The highest BCUT2D eigenvalue weighted by atomic mass is 19.1. The maximum atomic E-state index is 12.5. The third kappa shape index (κ3) is 2.85. The lowest BCUT2D eigenvalue weighted by atomic mass is 9.65. The Hall–Kier alpha value is -1.95. The maximum absolute atomic E-state index is 12.5. The van der Waals surface area contributed by atoms with Crippen LogP contribution in [0.5, 0.6) is 5.75 Å². The average molecular weight is 373 g/mol. The van der Waals surface area contributed by atoms with Crippen LogP contribution in [0, 0.1) is 12.3 Å². The molecule has 1 aromatic rings. The molecule has 0 amide bonds. The summed E-state index contributed by atoms with van der Waals surface area (Å²) < 4.78 is 23.9. The number of methoxy groups -OCH3 is 1. The summed E-state index contributed by atoms with van der Waals surface area (Å²) in [5.74, 6) is 1.27. The molecule has 3 aliphatic rings. The Labute approximate surface area is 159 Å². The highest BCUT2D eigenvalue weighted by molar-refractivity contribution is 6.30. The van der Waals surface area contributed by atoms with E-state index in [2.05, 4.69) is 12.1 Å². The fraction of sp³-hybridized carbons (Fsp3) is 0.619. The van der Waals surface area contributed by atoms with E-state index in [0.717, 1.165) is 49.0 Å². The van der Waals surface area contributed by atoms with Crippen LogP contribution in [0.25, 0.3) is 0 Å². The summed E-state index contributed by atoms with van der Waals surface area (Å²) in [4.78, 5) is 9.75. The molecular formula is C21H28FN3O2. The highest BCUT2D eigenvalue weighted by Crippen LogP contribution is 2.61. The van der Waals surface area contributed by atoms with Crippen LogP contribution in [0.2, 0.25) is 0 Å². The van der Waals surface area contributed by atoms with Crippen LogP contribution < -0.4 is 10.5 Å². The summed E-state index contributed by atoms with van der Waals surface area (Å²) in [5.41, 5.74) is 8.78. The Morgan fingerprint density at radius 1 is 1.30 bits per heavy atom. The second kappa shape index (κ2) is 6.89. The smallest absolute Gasteiger partial charge is 0.184 e. The van der Waals surface area contributed by atoms with E-state index in [0.29, 0.717) is 25.0 Å². The Morgan fingerprint density at radius 3 is 2.70 bits per heavy atom. The monoisotopic (exact) mass is 373 g/mol. The summed E-state index contributed by atoms with van der Waals surface area (Å²) in [6, 6.07) is 4.26. The molecule has 2 aliphatic carbocycles. The van der Waals surface area contributed by atoms with Crippen LogP contribution in [-0.4, -0.2) is 38.5 Å². The van der Waals surface area contributed by atoms with E-state index in [4.69, 9.17) is 25.2 Å². The maximum Gasteiger partial charge on any atom is 0.184 e. The number of nitrogens with zero attached hydrogens (tertiary/aromatic N) is 2. The normalized spacial score (nSPS) is 31.5. The number of alkyl halides is 1. The van der Waals surface area contributed by atoms with Gasteiger partial charge in [0.15, 0.2) is 5.66 Å². The fourth-order valence-electron chi connectivity index (χ4n) is 5.08. The largest absolute Gasteiger partial charge is 0.493 e. The Morgan fingerprint density at radius 2 is 2.07 bits per heavy atom. The molecule has 0 saturated heterocycles. The third-order valence-electron chi connectivity index (χ3n) is 6.48. The van der Waals surface area contributed by atoms with Crippen LogP contribution in [0.1, 0.15) is 48.8 Å². The van der Waals surface area contributed by atoms with E-state index in [9.17, 15) is 4.39 Å². The number of hydrogen-bond acceptors (Lipinski definition) is 5. The lowest BCUT2D eigenvalue weighted by molar-refractivity contribution is -0.000326. The molecule has 2 spiro atoms. The van der Waals surface area contributed by atoms with Crippen molar-refractivity contribution in [3.05, 3.63) is 28.8 Å². The van der Waals surface area contributed by atoms with Crippen molar-refractivity contribution in [3.8, 4) is 5.75 Å². The molecule has 146 valence electrons. The van der Waals surface area contributed by atoms with Gasteiger partial charge in [-0.2, -0.15) is 0 Å². The van der Waals surface area contributed by atoms with E-state index in [1.165, 1.54) is 5.56 Å². The number of amidine groups is 1. The van der Waals surface area contributed by atoms with E-state index < -0.39 is 5.66 Å². The van der Waals surface area contributed by atoms with Crippen molar-refractivity contribution in [2.24, 2.45) is 21.1 Å². The number of benzene rings is 1. The van der Waals surface area contributed by atoms with Gasteiger partial charge in [-0.3, -0.25) is 9.38 Å². The highest BCUT2D eigenvalue weighted by Gasteiger charge is 2.60. The van der Waals surface area contributed by atoms with Gasteiger partial charge < -0.3 is 15.2 Å². The summed E-state index contributed by atoms with van der Waals surface area (Å²) in [6.07, 6.45) is 7.38. The molecule has 4 rings (SSSR count). The summed E-state index contributed by atoms with van der Waals surface area (Å²) in [6.45, 7) is 2.04. The van der Waals surface area contributed by atoms with Crippen molar-refractivity contribution in [1.29, 1.82) is 0 Å². The van der Waals surface area contributed by atoms with Crippen LogP contribution in [-0.2, 0) is 16.8 Å². The van der Waals surface area contributed by atoms with Crippen LogP contribution in [0.15, 0.2) is 22.1 Å². The third-order valence-corrected chi connectivity index (χ3v) is 6.48. The number of halogens is 1. The molecule has 1 fully saturated rings. The lowest BCUT2D eigenvalue weighted by Gasteiger charge is -2.44. The minimum atomic E-state index is -0.656. The number of rotatable bonds is 5. The summed E-state index contributed by atoms with van der Waals surface area (Å²) in [5, 5.41) is 0. The second-order valence-corrected chi connectivity index (χ2v) is 8.03. The predicted octanol–water partition coefficient (Wildman–Crippen LogP) is 3.46. The zero-order chi connectivity index (χ0) is 19.1. The van der Waals surface area contributed by atoms with E-state index in [1.807, 2.05) is 6.92 Å². The minimum Gasteiger partial charge on any atom is -0.493 e. The molecular weight excluding hydrogens is 345 g/mol. The molecule has 1 atom stereocenters. The van der Waals surface area contributed by atoms with Gasteiger partial charge in [-0.1, -0.05) is 6.07 Å². The Balaban J connectivity index is 1.74. The molecule has 0 bridgehead atoms. The van der Waals surface area contributed by atoms with E-state index in [-0.39, 0.29) is 12.1 Å². The quantitative estimate of drug-likeness (QED) is 0.804. The molecule has 1 aliphatic heterocycles. The van der Waals surface area contributed by atoms with Gasteiger partial charge in [-0.05, 0) is 56.2 Å². The molecule has 1 unspecified atom stereocenters. The molecule has 5 nitrogen and oxygen atoms in total. The first-order chi connectivity index (χ1) is 13.0. The standard InChI is InChI=1S/C21H28FN3O2/c1-14-10-15-12-20(6-4-16(26-2)5-7-20)21(24-13-19(23)25-21)17(15)11-18(14)27-9-3-8-22/h10-11,13,16H,3-9,12H2,1-2H3,(H2,23,25). The zero-order valence-electron chi connectivity index (χ0n) is 16.1. The van der Waals surface area contributed by atoms with Gasteiger partial charge in [0.2, 0.25) is 0 Å². The van der Waals surface area contributed by atoms with Crippen molar-refractivity contribution >= 4 is 12.1 Å². The Bertz CT molecular complexity index is 784. The molecule has 1 heterocycles. The SMILES string of the molecule is COC1CCC2(CC1)Cc1cc(C)c(OCCCF)cc1C21N=CC(N)=N1. The number of fused-ring (bicyclic) bond motifs is 3. The van der Waals surface area contributed by atoms with E-state index in [1.54, 1.807) is 13.3 Å². The van der Waals surface area contributed by atoms with Crippen LogP contribution >= 0.6 is 0 Å². The summed E-state index contributed by atoms with van der Waals surface area (Å²) in [7, 11) is 1.79. The average Bonchev–Trinajstić information content (AvgIpc) is 3.17. The molecule has 27 heavy (non-hydrogen) atoms. The summed E-state index contributed by atoms with van der Waals surface area (Å²) >= 11 is 0. The lowest BCUT2D eigenvalue weighted by Crippen LogP contribution is -2.43. The van der Waals surface area contributed by atoms with Gasteiger partial charge in [0, 0.05) is 24.5 Å². The van der Waals surface area contributed by atoms with Crippen molar-refractivity contribution in [3.63, 3.8) is 0 Å². The molecule has 2 N–H and O–H groups in total. The fourth-order valence-corrected chi connectivity index (χ4v) is 5.08. The number of aryl methyl sites for hydroxylation is 1. The number of ether oxygens (including phenoxy) is 2. The van der Waals surface area contributed by atoms with Crippen molar-refractivity contribution in [1.82, 2.24) is 0 Å². The van der Waals surface area contributed by atoms with Gasteiger partial charge in [0.25, 0.3) is 0 Å². The topological polar surface area (TPSA) is 69.2 Å². The van der Waals surface area contributed by atoms with E-state index >= 15 is 0 Å². The van der Waals surface area contributed by atoms with Crippen LogP contribution in [0.4, 0.5) is 4.39 Å². The van der Waals surface area contributed by atoms with Gasteiger partial charge >= 0.3 is 0 Å². The molecule has 0 radical (unpaired) electrons. The first-order valence-corrected chi connectivity index (χ1v) is 9.80. The molecule has 6 heteroatoms. The molecule has 1 saturated carbocycles. The van der Waals surface area contributed by atoms with Gasteiger partial charge in [0.05, 0.1) is 25.6 Å². The number of hydrogen-bond donors (Lipinski definition) is 1. The van der Waals surface area contributed by atoms with Crippen LogP contribution in [0.3, 0.4) is 0 Å². The van der Waals surface area contributed by atoms with Gasteiger partial charge in [-0.15, -0.1) is 0 Å². The predicted molar refractivity (Wildman–Crippen MR) is 104 cm³/mol.